The van der Waals surface area contributed by atoms with Gasteiger partial charge in [-0.05, 0) is 30.4 Å². The van der Waals surface area contributed by atoms with Gasteiger partial charge in [0.1, 0.15) is 6.34 Å². The molecule has 4 rings (SSSR count). The van der Waals surface area contributed by atoms with Crippen molar-refractivity contribution in [2.24, 2.45) is 5.10 Å². The van der Waals surface area contributed by atoms with E-state index in [4.69, 9.17) is 23.8 Å². The van der Waals surface area contributed by atoms with Crippen molar-refractivity contribution in [2.75, 3.05) is 16.8 Å². The second-order valence-electron chi connectivity index (χ2n) is 5.05. The number of nitrogens with zero attached hydrogens (tertiary/aromatic N) is 3. The molecule has 0 fully saturated rings. The van der Waals surface area contributed by atoms with Crippen molar-refractivity contribution < 1.29 is 5.11 Å². The zero-order chi connectivity index (χ0) is 14.6. The number of aliphatic hydroxyl groups excluding tert-OH is 1. The fourth-order valence-electron chi connectivity index (χ4n) is 2.68. The van der Waals surface area contributed by atoms with Crippen LogP contribution in [-0.4, -0.2) is 34.2 Å². The molecule has 3 aliphatic heterocycles. The van der Waals surface area contributed by atoms with E-state index in [9.17, 15) is 5.11 Å². The minimum Gasteiger partial charge on any atom is -0.391 e. The Morgan fingerprint density at radius 3 is 3.14 bits per heavy atom. The van der Waals surface area contributed by atoms with Crippen molar-refractivity contribution in [3.8, 4) is 0 Å². The molecule has 1 aromatic carbocycles. The summed E-state index contributed by atoms with van der Waals surface area (Å²) in [6.45, 7) is 0.395. The number of halogens is 1. The summed E-state index contributed by atoms with van der Waals surface area (Å²) in [6, 6.07) is 5.62. The predicted molar refractivity (Wildman–Crippen MR) is 86.1 cm³/mol. The molecule has 1 aromatic rings. The first kappa shape index (κ1) is 12.9. The second kappa shape index (κ2) is 4.59. The molecule has 1 atom stereocenters. The molecule has 0 saturated heterocycles. The molecular formula is C13H12ClN5OS. The zero-order valence-electron chi connectivity index (χ0n) is 10.9. The van der Waals surface area contributed by atoms with E-state index in [0.29, 0.717) is 23.1 Å². The number of hydrazone groups is 1. The Labute approximate surface area is 131 Å². The molecule has 8 heteroatoms. The van der Waals surface area contributed by atoms with Gasteiger partial charge in [0, 0.05) is 18.0 Å². The third-order valence-corrected chi connectivity index (χ3v) is 4.16. The standard InChI is InChI=1S/C13H12ClN5OS/c14-7-1-2-11-9(3-7)17-10-4-8(20)5-15-13(21)19-12(10)18(11)6-16-19/h1-3,6,8,17,20H,4-5H2,(H,15,21). The molecule has 1 unspecified atom stereocenters. The third kappa shape index (κ3) is 1.97. The first-order valence-electron chi connectivity index (χ1n) is 6.52. The van der Waals surface area contributed by atoms with Crippen LogP contribution in [0.2, 0.25) is 5.02 Å². The van der Waals surface area contributed by atoms with Gasteiger partial charge in [-0.2, -0.15) is 10.1 Å². The number of hydrogen-bond acceptors (Lipinski definition) is 5. The summed E-state index contributed by atoms with van der Waals surface area (Å²) in [5.74, 6) is 0.820. The largest absolute Gasteiger partial charge is 0.391 e. The van der Waals surface area contributed by atoms with Gasteiger partial charge in [0.2, 0.25) is 0 Å². The van der Waals surface area contributed by atoms with E-state index < -0.39 is 6.10 Å². The summed E-state index contributed by atoms with van der Waals surface area (Å²) < 4.78 is 0. The molecule has 21 heavy (non-hydrogen) atoms. The molecule has 3 heterocycles. The van der Waals surface area contributed by atoms with Crippen LogP contribution in [0, 0.1) is 0 Å². The summed E-state index contributed by atoms with van der Waals surface area (Å²) in [4.78, 5) is 1.95. The zero-order valence-corrected chi connectivity index (χ0v) is 12.4. The smallest absolute Gasteiger partial charge is 0.196 e. The number of thiocarbonyl (C=S) groups is 1. The average Bonchev–Trinajstić information content (AvgIpc) is 2.88. The Balaban J connectivity index is 1.86. The van der Waals surface area contributed by atoms with Gasteiger partial charge in [-0.15, -0.1) is 0 Å². The maximum absolute atomic E-state index is 10.1. The van der Waals surface area contributed by atoms with Crippen LogP contribution in [0.15, 0.2) is 34.8 Å². The van der Waals surface area contributed by atoms with Gasteiger partial charge in [0.25, 0.3) is 0 Å². The highest BCUT2D eigenvalue weighted by atomic mass is 35.5. The Morgan fingerprint density at radius 1 is 1.43 bits per heavy atom. The van der Waals surface area contributed by atoms with Crippen LogP contribution in [0.1, 0.15) is 6.42 Å². The van der Waals surface area contributed by atoms with E-state index >= 15 is 0 Å². The Morgan fingerprint density at radius 2 is 2.29 bits per heavy atom. The fraction of sp³-hybridized carbons (Fsp3) is 0.231. The molecule has 3 aliphatic rings. The number of nitrogens with one attached hydrogen (secondary N) is 2. The number of rotatable bonds is 0. The molecule has 6 nitrogen and oxygen atoms in total. The normalized spacial score (nSPS) is 23.1. The lowest BCUT2D eigenvalue weighted by atomic mass is 10.1. The lowest BCUT2D eigenvalue weighted by Gasteiger charge is -2.35. The number of anilines is 2. The summed E-state index contributed by atoms with van der Waals surface area (Å²) in [6.07, 6.45) is 1.67. The van der Waals surface area contributed by atoms with Gasteiger partial charge in [-0.25, -0.2) is 0 Å². The van der Waals surface area contributed by atoms with E-state index in [1.807, 2.05) is 23.1 Å². The molecule has 0 bridgehead atoms. The molecule has 0 spiro atoms. The van der Waals surface area contributed by atoms with Gasteiger partial charge in [0.05, 0.1) is 23.2 Å². The third-order valence-electron chi connectivity index (χ3n) is 3.61. The van der Waals surface area contributed by atoms with Crippen molar-refractivity contribution in [3.63, 3.8) is 0 Å². The topological polar surface area (TPSA) is 63.1 Å². The Hall–Kier alpha value is -1.83. The summed E-state index contributed by atoms with van der Waals surface area (Å²) in [7, 11) is 0. The van der Waals surface area contributed by atoms with Crippen molar-refractivity contribution >= 4 is 46.6 Å². The van der Waals surface area contributed by atoms with Crippen LogP contribution in [-0.2, 0) is 0 Å². The van der Waals surface area contributed by atoms with Crippen LogP contribution in [0.25, 0.3) is 0 Å². The minimum absolute atomic E-state index is 0.395. The van der Waals surface area contributed by atoms with Gasteiger partial charge >= 0.3 is 0 Å². The summed E-state index contributed by atoms with van der Waals surface area (Å²) >= 11 is 11.4. The lowest BCUT2D eigenvalue weighted by Crippen LogP contribution is -2.45. The number of hydrogen-bond donors (Lipinski definition) is 3. The fourth-order valence-corrected chi connectivity index (χ4v) is 3.07. The molecule has 0 radical (unpaired) electrons. The van der Waals surface area contributed by atoms with Gasteiger partial charge in [0.15, 0.2) is 10.9 Å². The molecule has 0 amide bonds. The summed E-state index contributed by atoms with van der Waals surface area (Å²) in [5.41, 5.74) is 2.71. The number of aliphatic hydroxyl groups is 1. The lowest BCUT2D eigenvalue weighted by molar-refractivity contribution is 0.174. The first-order valence-corrected chi connectivity index (χ1v) is 7.31. The van der Waals surface area contributed by atoms with E-state index in [1.54, 1.807) is 11.3 Å². The number of fused-ring (bicyclic) bond motifs is 2. The molecule has 0 aliphatic carbocycles. The van der Waals surface area contributed by atoms with Crippen molar-refractivity contribution in [3.05, 3.63) is 34.7 Å². The number of benzene rings is 1. The first-order chi connectivity index (χ1) is 10.1. The van der Waals surface area contributed by atoms with Gasteiger partial charge in [-0.3, -0.25) is 4.90 Å². The van der Waals surface area contributed by atoms with Crippen molar-refractivity contribution in [1.82, 2.24) is 10.3 Å². The highest BCUT2D eigenvalue weighted by Gasteiger charge is 2.36. The van der Waals surface area contributed by atoms with E-state index in [2.05, 4.69) is 15.7 Å². The van der Waals surface area contributed by atoms with Crippen LogP contribution in [0.4, 0.5) is 11.4 Å². The van der Waals surface area contributed by atoms with E-state index in [-0.39, 0.29) is 0 Å². The van der Waals surface area contributed by atoms with Crippen molar-refractivity contribution in [2.45, 2.75) is 12.5 Å². The van der Waals surface area contributed by atoms with Crippen LogP contribution in [0.3, 0.4) is 0 Å². The maximum Gasteiger partial charge on any atom is 0.196 e. The summed E-state index contributed by atoms with van der Waals surface area (Å²) in [5, 5.41) is 23.6. The molecule has 0 aromatic heterocycles. The average molecular weight is 322 g/mol. The van der Waals surface area contributed by atoms with Crippen LogP contribution in [0.5, 0.6) is 0 Å². The Bertz CT molecular complexity index is 704. The van der Waals surface area contributed by atoms with E-state index in [1.165, 1.54) is 0 Å². The van der Waals surface area contributed by atoms with E-state index in [0.717, 1.165) is 22.9 Å². The monoisotopic (exact) mass is 321 g/mol. The number of β-amino-alcohol motifs (C(OH)–C–C–N with tert-alkyl or cyclic N) is 1. The maximum atomic E-state index is 10.1. The quantitative estimate of drug-likeness (QED) is 0.631. The van der Waals surface area contributed by atoms with Gasteiger partial charge < -0.3 is 15.7 Å². The second-order valence-corrected chi connectivity index (χ2v) is 5.87. The van der Waals surface area contributed by atoms with Gasteiger partial charge in [-0.1, -0.05) is 11.6 Å². The SMILES string of the molecule is OC1CNC(=S)N2N=CN3C2=C(C1)Nc1cc(Cl)ccc13. The minimum atomic E-state index is -0.525. The van der Waals surface area contributed by atoms with Crippen LogP contribution < -0.4 is 15.5 Å². The highest BCUT2D eigenvalue weighted by Crippen LogP contribution is 2.40. The molecule has 0 saturated carbocycles. The van der Waals surface area contributed by atoms with Crippen LogP contribution >= 0.6 is 23.8 Å². The van der Waals surface area contributed by atoms with Crippen molar-refractivity contribution in [1.29, 1.82) is 0 Å². The highest BCUT2D eigenvalue weighted by molar-refractivity contribution is 7.80. The molecule has 3 N–H and O–H groups in total. The molecular weight excluding hydrogens is 310 g/mol. The predicted octanol–water partition coefficient (Wildman–Crippen LogP) is 1.64. The molecule has 108 valence electrons. The Kier molecular flexibility index (Phi) is 2.81.